The zero-order valence-electron chi connectivity index (χ0n) is 53.4. The van der Waals surface area contributed by atoms with E-state index in [0.29, 0.717) is 11.5 Å². The predicted molar refractivity (Wildman–Crippen MR) is 366 cm³/mol. The number of pyridine rings is 1. The Bertz CT molecular complexity index is 4610. The summed E-state index contributed by atoms with van der Waals surface area (Å²) in [6.45, 7) is 36.7. The Morgan fingerprint density at radius 1 is 0.352 bits per heavy atom. The van der Waals surface area contributed by atoms with Crippen molar-refractivity contribution in [1.29, 1.82) is 0 Å². The summed E-state index contributed by atoms with van der Waals surface area (Å²) in [5.41, 5.74) is 18.8. The minimum absolute atomic E-state index is 0. The van der Waals surface area contributed by atoms with Gasteiger partial charge in [-0.15, -0.1) is 48.1 Å². The second-order valence-electron chi connectivity index (χ2n) is 29.2. The maximum Gasteiger partial charge on any atom is 0.135 e. The van der Waals surface area contributed by atoms with Crippen molar-refractivity contribution in [2.75, 3.05) is 9.80 Å². The van der Waals surface area contributed by atoms with Gasteiger partial charge in [0.1, 0.15) is 5.82 Å². The summed E-state index contributed by atoms with van der Waals surface area (Å²) in [4.78, 5) is 9.60. The largest absolute Gasteiger partial charge is 0.509 e. The fourth-order valence-corrected chi connectivity index (χ4v) is 13.0. The van der Waals surface area contributed by atoms with Crippen molar-refractivity contribution in [3.8, 4) is 28.7 Å². The normalized spacial score (nSPS) is 13.4. The molecule has 0 aliphatic carbocycles. The Labute approximate surface area is 533 Å². The summed E-state index contributed by atoms with van der Waals surface area (Å²) in [7, 11) is 0. The first-order chi connectivity index (χ1) is 41.3. The molecule has 13 aromatic rings. The van der Waals surface area contributed by atoms with Crippen LogP contribution < -0.4 is 14.5 Å². The van der Waals surface area contributed by atoms with Crippen molar-refractivity contribution in [1.82, 2.24) is 18.7 Å². The van der Waals surface area contributed by atoms with Crippen LogP contribution in [0.15, 0.2) is 188 Å². The molecular formula is C80H77N6OPt-3. The minimum atomic E-state index is -0.0506. The standard InChI is InChI=1S/C80H77N6O.Pt/c1-76(2,3)50-30-36-65-60(42-50)61-43-51(77(4,5)6)31-37-66(61)84(65)71-28-21-29-72(85-67-38-32-52(78(7,8)9)44-62(67)63-45-53(79(10,11)12)33-39-68(63)85)75(71)83-49-82(69-26-18-19-27-70(69)83)55-22-20-23-56(47-55)87-57-34-35-59-58-24-16-17-25-64(58)86(73(59)48-57)74-46-54(40-41-81-74)80(13,14)15;/h16-46,49H,1-15H3;/q-3;. The fraction of sp³-hybridized carbons (Fsp3) is 0.250. The topological polar surface area (TPSA) is 43.4 Å². The maximum absolute atomic E-state index is 6.86. The number of hydrogen-bond acceptors (Lipinski definition) is 4. The van der Waals surface area contributed by atoms with E-state index in [0.717, 1.165) is 83.8 Å². The summed E-state index contributed by atoms with van der Waals surface area (Å²) < 4.78 is 14.1. The molecule has 0 saturated heterocycles. The summed E-state index contributed by atoms with van der Waals surface area (Å²) in [5.74, 6) is 2.01. The quantitative estimate of drug-likeness (QED) is 0.149. The van der Waals surface area contributed by atoms with E-state index in [1.807, 2.05) is 18.3 Å². The summed E-state index contributed by atoms with van der Waals surface area (Å²) in [5, 5.41) is 7.17. The van der Waals surface area contributed by atoms with Crippen LogP contribution >= 0.6 is 0 Å². The van der Waals surface area contributed by atoms with Crippen molar-refractivity contribution >= 4 is 88.2 Å². The molecule has 0 fully saturated rings. The van der Waals surface area contributed by atoms with Gasteiger partial charge in [-0.25, -0.2) is 4.98 Å². The van der Waals surface area contributed by atoms with Crippen LogP contribution in [0.3, 0.4) is 0 Å². The van der Waals surface area contributed by atoms with Gasteiger partial charge in [0, 0.05) is 77.2 Å². The molecule has 5 heterocycles. The van der Waals surface area contributed by atoms with Gasteiger partial charge in [0.2, 0.25) is 0 Å². The van der Waals surface area contributed by atoms with Gasteiger partial charge >= 0.3 is 0 Å². The molecule has 9 aromatic carbocycles. The van der Waals surface area contributed by atoms with E-state index in [2.05, 4.69) is 316 Å². The van der Waals surface area contributed by atoms with Crippen LogP contribution in [0.25, 0.3) is 82.6 Å². The molecule has 1 aliphatic rings. The molecule has 0 N–H and O–H groups in total. The molecular weight excluding hydrogens is 1260 g/mol. The maximum atomic E-state index is 6.86. The summed E-state index contributed by atoms with van der Waals surface area (Å²) in [6.07, 6.45) is 1.91. The zero-order valence-corrected chi connectivity index (χ0v) is 55.7. The van der Waals surface area contributed by atoms with Crippen LogP contribution in [-0.4, -0.2) is 18.7 Å². The van der Waals surface area contributed by atoms with Gasteiger partial charge in [-0.1, -0.05) is 170 Å². The summed E-state index contributed by atoms with van der Waals surface area (Å²) >= 11 is 0. The van der Waals surface area contributed by atoms with Crippen LogP contribution in [0, 0.1) is 18.8 Å². The number of benzene rings is 9. The number of para-hydroxylation sites is 4. The van der Waals surface area contributed by atoms with Crippen molar-refractivity contribution in [2.24, 2.45) is 0 Å². The van der Waals surface area contributed by atoms with E-state index in [4.69, 9.17) is 9.72 Å². The summed E-state index contributed by atoms with van der Waals surface area (Å²) in [6, 6.07) is 74.7. The SMILES string of the molecule is CC(C)(C)c1ccnc(-n2c3[c-]c(Oc4[c-]c(N5[CH-]N(c6c(-n7c8ccc(C(C)(C)C)cc8c8cc(C(C)(C)C)ccc87)cccc6-n6c7ccc(C(C)(C)C)cc7c7cc(C(C)(C)C)ccc76)c6ccccc65)ccc4)ccc3c3ccccc32)c1.[Pt]. The van der Waals surface area contributed by atoms with Crippen LogP contribution in [0.5, 0.6) is 11.5 Å². The number of hydrogen-bond donors (Lipinski definition) is 0. The third-order valence-electron chi connectivity index (χ3n) is 18.0. The first kappa shape index (κ1) is 58.6. The van der Waals surface area contributed by atoms with Crippen molar-refractivity contribution in [3.63, 3.8) is 0 Å². The number of rotatable bonds is 7. The van der Waals surface area contributed by atoms with E-state index in [1.54, 1.807) is 0 Å². The first-order valence-corrected chi connectivity index (χ1v) is 30.8. The number of nitrogens with zero attached hydrogens (tertiary/aromatic N) is 6. The molecule has 14 rings (SSSR count). The van der Waals surface area contributed by atoms with Crippen LogP contribution in [0.2, 0.25) is 0 Å². The molecule has 446 valence electrons. The van der Waals surface area contributed by atoms with Crippen molar-refractivity contribution < 1.29 is 25.8 Å². The van der Waals surface area contributed by atoms with Gasteiger partial charge in [-0.2, -0.15) is 12.1 Å². The second-order valence-corrected chi connectivity index (χ2v) is 29.2. The molecule has 0 bridgehead atoms. The van der Waals surface area contributed by atoms with E-state index >= 15 is 0 Å². The number of anilines is 4. The second kappa shape index (κ2) is 20.9. The average Bonchev–Trinajstić information content (AvgIpc) is 1.66. The number of ether oxygens (including phenoxy) is 1. The molecule has 8 heteroatoms. The molecule has 0 saturated carbocycles. The van der Waals surface area contributed by atoms with Crippen molar-refractivity contribution in [3.05, 3.63) is 235 Å². The molecule has 0 amide bonds. The Morgan fingerprint density at radius 3 is 1.27 bits per heavy atom. The van der Waals surface area contributed by atoms with Crippen LogP contribution in [0.1, 0.15) is 132 Å². The van der Waals surface area contributed by atoms with E-state index in [9.17, 15) is 0 Å². The predicted octanol–water partition coefficient (Wildman–Crippen LogP) is 21.7. The monoisotopic (exact) mass is 1330 g/mol. The smallest absolute Gasteiger partial charge is 0.135 e. The molecule has 0 radical (unpaired) electrons. The molecule has 0 atom stereocenters. The molecule has 0 spiro atoms. The Hall–Kier alpha value is -8.38. The average molecular weight is 1330 g/mol. The van der Waals surface area contributed by atoms with Crippen LogP contribution in [-0.2, 0) is 48.1 Å². The van der Waals surface area contributed by atoms with E-state index < -0.39 is 0 Å². The fourth-order valence-electron chi connectivity index (χ4n) is 13.0. The Balaban J connectivity index is 0.00000714. The Morgan fingerprint density at radius 2 is 0.773 bits per heavy atom. The van der Waals surface area contributed by atoms with Crippen molar-refractivity contribution in [2.45, 2.75) is 131 Å². The van der Waals surface area contributed by atoms with Crippen LogP contribution in [0.4, 0.5) is 22.7 Å². The van der Waals surface area contributed by atoms with Gasteiger partial charge in [0.15, 0.2) is 0 Å². The third kappa shape index (κ3) is 9.89. The number of fused-ring (bicyclic) bond motifs is 10. The molecule has 4 aromatic heterocycles. The van der Waals surface area contributed by atoms with Gasteiger partial charge < -0.3 is 28.2 Å². The van der Waals surface area contributed by atoms with E-state index in [1.165, 1.54) is 49.4 Å². The Kier molecular flexibility index (Phi) is 13.9. The van der Waals surface area contributed by atoms with Gasteiger partial charge in [0.25, 0.3) is 0 Å². The molecule has 0 unspecified atom stereocenters. The molecule has 7 nitrogen and oxygen atoms in total. The van der Waals surface area contributed by atoms with Gasteiger partial charge in [-0.3, -0.25) is 0 Å². The van der Waals surface area contributed by atoms with E-state index in [-0.39, 0.29) is 48.1 Å². The molecule has 1 aliphatic heterocycles. The third-order valence-corrected chi connectivity index (χ3v) is 18.0. The number of aromatic nitrogens is 4. The first-order valence-electron chi connectivity index (χ1n) is 30.8. The zero-order chi connectivity index (χ0) is 60.9. The van der Waals surface area contributed by atoms with Gasteiger partial charge in [0.05, 0.1) is 39.1 Å². The van der Waals surface area contributed by atoms with Gasteiger partial charge in [-0.05, 0) is 151 Å². The molecule has 88 heavy (non-hydrogen) atoms. The minimum Gasteiger partial charge on any atom is -0.509 e.